The Labute approximate surface area is 193 Å². The van der Waals surface area contributed by atoms with Crippen molar-refractivity contribution in [3.8, 4) is 11.1 Å². The fourth-order valence-electron chi connectivity index (χ4n) is 4.03. The van der Waals surface area contributed by atoms with Crippen LogP contribution in [0.5, 0.6) is 0 Å². The second-order valence-corrected chi connectivity index (χ2v) is 7.69. The number of carbonyl (C=O) groups excluding carboxylic acids is 1. The third-order valence-corrected chi connectivity index (χ3v) is 5.63. The van der Waals surface area contributed by atoms with E-state index < -0.39 is 11.8 Å². The topological polar surface area (TPSA) is 88.9 Å². The predicted molar refractivity (Wildman–Crippen MR) is 131 cm³/mol. The Morgan fingerprint density at radius 2 is 1.85 bits per heavy atom. The van der Waals surface area contributed by atoms with Crippen LogP contribution >= 0.6 is 0 Å². The van der Waals surface area contributed by atoms with Gasteiger partial charge in [-0.15, -0.1) is 0 Å². The first kappa shape index (κ1) is 21.3. The van der Waals surface area contributed by atoms with Crippen molar-refractivity contribution in [1.82, 2.24) is 14.5 Å². The van der Waals surface area contributed by atoms with E-state index in [1.165, 1.54) is 18.2 Å². The Balaban J connectivity index is 1.48. The van der Waals surface area contributed by atoms with Crippen LogP contribution in [0.4, 0.5) is 20.6 Å². The van der Waals surface area contributed by atoms with Crippen LogP contribution in [0.25, 0.3) is 32.9 Å². The molecule has 34 heavy (non-hydrogen) atoms. The average Bonchev–Trinajstić information content (AvgIpc) is 2.85. The first-order chi connectivity index (χ1) is 16.5. The average molecular weight is 453 g/mol. The predicted octanol–water partition coefficient (Wildman–Crippen LogP) is 5.41. The Morgan fingerprint density at radius 3 is 2.71 bits per heavy atom. The molecule has 0 radical (unpaired) electrons. The van der Waals surface area contributed by atoms with Crippen molar-refractivity contribution in [1.29, 1.82) is 0 Å². The number of aromatic nitrogens is 3. The quantitative estimate of drug-likeness (QED) is 0.381. The highest BCUT2D eigenvalue weighted by Crippen LogP contribution is 2.26. The highest BCUT2D eigenvalue weighted by atomic mass is 19.1. The van der Waals surface area contributed by atoms with Gasteiger partial charge in [-0.1, -0.05) is 12.1 Å². The van der Waals surface area contributed by atoms with Gasteiger partial charge in [-0.2, -0.15) is 0 Å². The third kappa shape index (κ3) is 3.86. The van der Waals surface area contributed by atoms with Gasteiger partial charge >= 0.3 is 6.03 Å². The number of nitrogens with one attached hydrogen (secondary N) is 2. The lowest BCUT2D eigenvalue weighted by Gasteiger charge is -2.13. The lowest BCUT2D eigenvalue weighted by atomic mass is 10.0. The maximum absolute atomic E-state index is 14.6. The summed E-state index contributed by atoms with van der Waals surface area (Å²) in [7, 11) is 0. The maximum Gasteiger partial charge on any atom is 0.323 e. The van der Waals surface area contributed by atoms with E-state index in [0.29, 0.717) is 23.4 Å². The van der Waals surface area contributed by atoms with Crippen LogP contribution in [-0.2, 0) is 6.54 Å². The lowest BCUT2D eigenvalue weighted by molar-refractivity contribution is 0.262. The van der Waals surface area contributed by atoms with Crippen molar-refractivity contribution < 1.29 is 9.18 Å². The van der Waals surface area contributed by atoms with E-state index in [9.17, 15) is 14.0 Å². The maximum atomic E-state index is 14.6. The number of hydrogen-bond acceptors (Lipinski definition) is 4. The van der Waals surface area contributed by atoms with Crippen molar-refractivity contribution in [2.24, 2.45) is 0 Å². The molecule has 8 heteroatoms. The van der Waals surface area contributed by atoms with Gasteiger partial charge in [0.05, 0.1) is 22.4 Å². The van der Waals surface area contributed by atoms with Crippen LogP contribution in [0.2, 0.25) is 0 Å². The molecule has 0 aliphatic carbocycles. The van der Waals surface area contributed by atoms with Crippen molar-refractivity contribution in [2.45, 2.75) is 13.5 Å². The third-order valence-electron chi connectivity index (χ3n) is 5.63. The second kappa shape index (κ2) is 8.74. The van der Waals surface area contributed by atoms with E-state index in [1.807, 2.05) is 19.1 Å². The van der Waals surface area contributed by atoms with Gasteiger partial charge in [-0.25, -0.2) is 9.18 Å². The summed E-state index contributed by atoms with van der Waals surface area (Å²) >= 11 is 0. The number of hydrogen-bond donors (Lipinski definition) is 2. The highest BCUT2D eigenvalue weighted by molar-refractivity contribution is 6.05. The molecule has 0 saturated carbocycles. The number of urea groups is 1. The van der Waals surface area contributed by atoms with Crippen LogP contribution in [0.15, 0.2) is 84.0 Å². The SMILES string of the molecule is CCn1c(=O)c(-c2ccc(F)c(NC(=O)Nc3cccc4ncccc34)c2)cc2cnccc21. The number of rotatable bonds is 4. The molecule has 5 aromatic rings. The molecule has 0 aliphatic rings. The number of pyridine rings is 3. The Hall–Kier alpha value is -4.59. The fraction of sp³-hybridized carbons (Fsp3) is 0.0769. The van der Waals surface area contributed by atoms with Gasteiger partial charge in [0.2, 0.25) is 0 Å². The molecule has 2 amide bonds. The van der Waals surface area contributed by atoms with E-state index in [2.05, 4.69) is 20.6 Å². The molecule has 3 aromatic heterocycles. The number of amides is 2. The number of halogens is 1. The zero-order chi connectivity index (χ0) is 23.7. The molecule has 0 spiro atoms. The molecule has 0 bridgehead atoms. The summed E-state index contributed by atoms with van der Waals surface area (Å²) in [6.07, 6.45) is 4.99. The summed E-state index contributed by atoms with van der Waals surface area (Å²) in [5.74, 6) is -0.614. The van der Waals surface area contributed by atoms with E-state index >= 15 is 0 Å². The standard InChI is InChI=1S/C26H20FN5O2/c1-2-32-24-10-12-28-15-17(24)13-19(25(32)33)16-8-9-20(27)23(14-16)31-26(34)30-22-7-3-6-21-18(22)5-4-11-29-21/h3-15H,2H2,1H3,(H2,30,31,34). The monoisotopic (exact) mass is 453 g/mol. The van der Waals surface area contributed by atoms with E-state index in [0.717, 1.165) is 21.8 Å². The Kier molecular flexibility index (Phi) is 5.47. The van der Waals surface area contributed by atoms with Crippen LogP contribution in [0, 0.1) is 5.82 Å². The minimum Gasteiger partial charge on any atom is -0.308 e. The van der Waals surface area contributed by atoms with Gasteiger partial charge in [-0.3, -0.25) is 14.8 Å². The molecule has 0 unspecified atom stereocenters. The molecule has 168 valence electrons. The molecule has 5 rings (SSSR count). The van der Waals surface area contributed by atoms with Crippen LogP contribution < -0.4 is 16.2 Å². The molecule has 0 atom stereocenters. The van der Waals surface area contributed by atoms with Gasteiger partial charge in [-0.05, 0) is 61.0 Å². The largest absolute Gasteiger partial charge is 0.323 e. The summed E-state index contributed by atoms with van der Waals surface area (Å²) in [4.78, 5) is 34.2. The van der Waals surface area contributed by atoms with Crippen LogP contribution in [-0.4, -0.2) is 20.6 Å². The smallest absolute Gasteiger partial charge is 0.308 e. The number of benzene rings is 2. The Morgan fingerprint density at radius 1 is 1.00 bits per heavy atom. The zero-order valence-electron chi connectivity index (χ0n) is 18.2. The number of anilines is 2. The van der Waals surface area contributed by atoms with E-state index in [4.69, 9.17) is 0 Å². The van der Waals surface area contributed by atoms with Gasteiger partial charge in [0.25, 0.3) is 5.56 Å². The normalized spacial score (nSPS) is 11.0. The summed E-state index contributed by atoms with van der Waals surface area (Å²) in [6.45, 7) is 2.36. The number of fused-ring (bicyclic) bond motifs is 2. The van der Waals surface area contributed by atoms with Crippen LogP contribution in [0.3, 0.4) is 0 Å². The number of aryl methyl sites for hydroxylation is 1. The Bertz CT molecular complexity index is 1610. The minimum atomic E-state index is -0.614. The molecular weight excluding hydrogens is 433 g/mol. The van der Waals surface area contributed by atoms with Crippen molar-refractivity contribution in [3.63, 3.8) is 0 Å². The van der Waals surface area contributed by atoms with Gasteiger partial charge in [0.15, 0.2) is 0 Å². The number of nitrogens with zero attached hydrogens (tertiary/aromatic N) is 3. The van der Waals surface area contributed by atoms with Crippen molar-refractivity contribution >= 4 is 39.2 Å². The first-order valence-electron chi connectivity index (χ1n) is 10.7. The first-order valence-corrected chi connectivity index (χ1v) is 10.7. The molecule has 3 heterocycles. The molecule has 0 fully saturated rings. The molecule has 7 nitrogen and oxygen atoms in total. The van der Waals surface area contributed by atoms with Crippen molar-refractivity contribution in [2.75, 3.05) is 10.6 Å². The van der Waals surface area contributed by atoms with Crippen LogP contribution in [0.1, 0.15) is 6.92 Å². The van der Waals surface area contributed by atoms with E-state index in [-0.39, 0.29) is 11.2 Å². The minimum absolute atomic E-state index is 0.0397. The molecule has 0 saturated heterocycles. The summed E-state index contributed by atoms with van der Waals surface area (Å²) in [6, 6.07) is 16.1. The molecular formula is C26H20FN5O2. The second-order valence-electron chi connectivity index (χ2n) is 7.69. The van der Waals surface area contributed by atoms with Gasteiger partial charge < -0.3 is 15.2 Å². The summed E-state index contributed by atoms with van der Waals surface area (Å²) in [5.41, 5.74) is 2.69. The van der Waals surface area contributed by atoms with Gasteiger partial charge in [0.1, 0.15) is 5.82 Å². The highest BCUT2D eigenvalue weighted by Gasteiger charge is 2.14. The fourth-order valence-corrected chi connectivity index (χ4v) is 4.03. The van der Waals surface area contributed by atoms with E-state index in [1.54, 1.807) is 53.5 Å². The summed E-state index contributed by atoms with van der Waals surface area (Å²) in [5, 5.41) is 6.85. The molecule has 0 aliphatic heterocycles. The zero-order valence-corrected chi connectivity index (χ0v) is 18.2. The molecule has 2 aromatic carbocycles. The molecule has 2 N–H and O–H groups in total. The van der Waals surface area contributed by atoms with Crippen molar-refractivity contribution in [3.05, 3.63) is 95.4 Å². The van der Waals surface area contributed by atoms with Gasteiger partial charge in [0, 0.05) is 41.5 Å². The summed E-state index contributed by atoms with van der Waals surface area (Å²) < 4.78 is 16.2. The number of carbonyl (C=O) groups is 1. The lowest BCUT2D eigenvalue weighted by Crippen LogP contribution is -2.22.